The molecular weight excluding hydrogens is 462 g/mol. The number of fused-ring (bicyclic) bond motifs is 2. The van der Waals surface area contributed by atoms with Crippen LogP contribution in [0.3, 0.4) is 0 Å². The minimum atomic E-state index is 0.270. The highest BCUT2D eigenvalue weighted by atomic mass is 16.5. The second-order valence-corrected chi connectivity index (χ2v) is 9.48. The number of rotatable bonds is 5. The predicted octanol–water partition coefficient (Wildman–Crippen LogP) is 6.34. The number of H-pyrrole nitrogens is 2. The maximum Gasteiger partial charge on any atom is 0.161 e. The lowest BCUT2D eigenvalue weighted by atomic mass is 9.98. The van der Waals surface area contributed by atoms with Gasteiger partial charge in [0.25, 0.3) is 0 Å². The molecule has 1 aliphatic carbocycles. The Kier molecular flexibility index (Phi) is 5.35. The fraction of sp³-hybridized carbons (Fsp3) is 0.207. The van der Waals surface area contributed by atoms with Gasteiger partial charge in [-0.3, -0.25) is 15.1 Å². The standard InChI is InChI=1S/C29H25N7O/c1-2-5-20(6-3-1)37-21-15-19(16-31-17-21)23-9-10-25-27(32-23)28(36-35-25)29-33-24-8-4-7-22(26(24)34-29)18-11-13-30-14-12-18/h4,7-17,20H,1-3,5-6H2,(H,33,34)(H,35,36). The fourth-order valence-corrected chi connectivity index (χ4v) is 5.13. The van der Waals surface area contributed by atoms with E-state index in [1.807, 2.05) is 48.7 Å². The average molecular weight is 488 g/mol. The number of nitrogens with zero attached hydrogens (tertiary/aromatic N) is 5. The minimum absolute atomic E-state index is 0.270. The van der Waals surface area contributed by atoms with Gasteiger partial charge < -0.3 is 9.72 Å². The predicted molar refractivity (Wildman–Crippen MR) is 143 cm³/mol. The Bertz CT molecular complexity index is 1700. The molecule has 6 aromatic rings. The molecule has 1 fully saturated rings. The van der Waals surface area contributed by atoms with Crippen molar-refractivity contribution in [3.8, 4) is 39.7 Å². The highest BCUT2D eigenvalue weighted by Gasteiger charge is 2.18. The third-order valence-electron chi connectivity index (χ3n) is 7.00. The topological polar surface area (TPSA) is 105 Å². The first-order valence-corrected chi connectivity index (χ1v) is 12.7. The highest BCUT2D eigenvalue weighted by Crippen LogP contribution is 2.32. The largest absolute Gasteiger partial charge is 0.489 e. The van der Waals surface area contributed by atoms with Crippen LogP contribution in [0, 0.1) is 0 Å². The molecule has 0 atom stereocenters. The number of pyridine rings is 3. The zero-order chi connectivity index (χ0) is 24.6. The summed E-state index contributed by atoms with van der Waals surface area (Å²) in [7, 11) is 0. The van der Waals surface area contributed by atoms with Crippen molar-refractivity contribution in [3.05, 3.63) is 73.3 Å². The van der Waals surface area contributed by atoms with E-state index in [0.29, 0.717) is 11.5 Å². The Hall–Kier alpha value is -4.59. The number of hydrogen-bond acceptors (Lipinski definition) is 6. The first-order chi connectivity index (χ1) is 18.3. The number of imidazole rings is 1. The quantitative estimate of drug-likeness (QED) is 0.294. The van der Waals surface area contributed by atoms with Crippen LogP contribution in [0.1, 0.15) is 32.1 Å². The monoisotopic (exact) mass is 487 g/mol. The fourth-order valence-electron chi connectivity index (χ4n) is 5.13. The molecule has 8 nitrogen and oxygen atoms in total. The van der Waals surface area contributed by atoms with Crippen LogP contribution in [0.5, 0.6) is 5.75 Å². The van der Waals surface area contributed by atoms with Gasteiger partial charge in [-0.15, -0.1) is 0 Å². The molecular formula is C29H25N7O. The van der Waals surface area contributed by atoms with E-state index in [4.69, 9.17) is 14.7 Å². The van der Waals surface area contributed by atoms with Gasteiger partial charge in [-0.2, -0.15) is 5.10 Å². The number of para-hydroxylation sites is 1. The van der Waals surface area contributed by atoms with E-state index in [1.54, 1.807) is 18.6 Å². The van der Waals surface area contributed by atoms with Crippen molar-refractivity contribution in [2.45, 2.75) is 38.2 Å². The molecule has 2 N–H and O–H groups in total. The van der Waals surface area contributed by atoms with Gasteiger partial charge >= 0.3 is 0 Å². The Morgan fingerprint density at radius 3 is 2.57 bits per heavy atom. The van der Waals surface area contributed by atoms with E-state index >= 15 is 0 Å². The number of benzene rings is 1. The lowest BCUT2D eigenvalue weighted by molar-refractivity contribution is 0.154. The number of aromatic amines is 2. The van der Waals surface area contributed by atoms with Gasteiger partial charge in [0, 0.05) is 29.7 Å². The summed E-state index contributed by atoms with van der Waals surface area (Å²) in [5.74, 6) is 1.46. The number of nitrogens with one attached hydrogen (secondary N) is 2. The summed E-state index contributed by atoms with van der Waals surface area (Å²) in [5, 5.41) is 7.66. The first-order valence-electron chi connectivity index (χ1n) is 12.7. The van der Waals surface area contributed by atoms with Gasteiger partial charge in [-0.25, -0.2) is 9.97 Å². The van der Waals surface area contributed by atoms with Crippen LogP contribution in [0.15, 0.2) is 73.3 Å². The van der Waals surface area contributed by atoms with Crippen LogP contribution in [-0.4, -0.2) is 41.2 Å². The molecule has 0 saturated heterocycles. The molecule has 37 heavy (non-hydrogen) atoms. The Balaban J connectivity index is 1.26. The third kappa shape index (κ3) is 4.10. The molecule has 5 aromatic heterocycles. The van der Waals surface area contributed by atoms with Crippen LogP contribution < -0.4 is 4.74 Å². The Labute approximate surface area is 213 Å². The highest BCUT2D eigenvalue weighted by molar-refractivity contribution is 5.96. The van der Waals surface area contributed by atoms with Crippen LogP contribution in [0.25, 0.3) is 56.0 Å². The average Bonchev–Trinajstić information content (AvgIpc) is 3.58. The first kappa shape index (κ1) is 21.7. The van der Waals surface area contributed by atoms with Crippen LogP contribution in [-0.2, 0) is 0 Å². The second kappa shape index (κ2) is 9.13. The van der Waals surface area contributed by atoms with Gasteiger partial charge in [0.15, 0.2) is 11.5 Å². The van der Waals surface area contributed by atoms with Crippen molar-refractivity contribution < 1.29 is 4.74 Å². The molecule has 0 aliphatic heterocycles. The molecule has 0 unspecified atom stereocenters. The van der Waals surface area contributed by atoms with E-state index in [0.717, 1.165) is 63.0 Å². The number of hydrogen-bond donors (Lipinski definition) is 2. The van der Waals surface area contributed by atoms with Crippen molar-refractivity contribution in [2.75, 3.05) is 0 Å². The lowest BCUT2D eigenvalue weighted by Gasteiger charge is -2.22. The molecule has 1 aliphatic rings. The summed E-state index contributed by atoms with van der Waals surface area (Å²) in [6.45, 7) is 0. The third-order valence-corrected chi connectivity index (χ3v) is 7.00. The SMILES string of the molecule is c1cc(-c2ccncc2)c2nc(-c3n[nH]c4ccc(-c5cncc(OC6CCCCC6)c5)nc34)[nH]c2c1. The minimum Gasteiger partial charge on any atom is -0.489 e. The molecule has 0 amide bonds. The van der Waals surface area contributed by atoms with Crippen molar-refractivity contribution in [3.63, 3.8) is 0 Å². The van der Waals surface area contributed by atoms with Gasteiger partial charge in [-0.1, -0.05) is 18.6 Å². The van der Waals surface area contributed by atoms with Gasteiger partial charge in [0.1, 0.15) is 11.3 Å². The summed E-state index contributed by atoms with van der Waals surface area (Å²) < 4.78 is 6.24. The van der Waals surface area contributed by atoms with Crippen molar-refractivity contribution in [1.29, 1.82) is 0 Å². The van der Waals surface area contributed by atoms with Crippen LogP contribution in [0.2, 0.25) is 0 Å². The zero-order valence-electron chi connectivity index (χ0n) is 20.2. The van der Waals surface area contributed by atoms with Crippen molar-refractivity contribution in [2.24, 2.45) is 0 Å². The Morgan fingerprint density at radius 2 is 1.68 bits per heavy atom. The Morgan fingerprint density at radius 1 is 0.784 bits per heavy atom. The molecule has 0 bridgehead atoms. The molecule has 1 saturated carbocycles. The molecule has 0 radical (unpaired) electrons. The van der Waals surface area contributed by atoms with Crippen molar-refractivity contribution >= 4 is 22.1 Å². The molecule has 1 aromatic carbocycles. The number of ether oxygens (including phenoxy) is 1. The normalized spacial score (nSPS) is 14.4. The summed E-state index contributed by atoms with van der Waals surface area (Å²) in [6.07, 6.45) is 13.4. The second-order valence-electron chi connectivity index (χ2n) is 9.48. The molecule has 0 spiro atoms. The molecule has 8 heteroatoms. The van der Waals surface area contributed by atoms with Gasteiger partial charge in [-0.05, 0) is 67.6 Å². The van der Waals surface area contributed by atoms with Gasteiger partial charge in [0.2, 0.25) is 0 Å². The maximum atomic E-state index is 6.24. The molecule has 182 valence electrons. The van der Waals surface area contributed by atoms with Crippen molar-refractivity contribution in [1.82, 2.24) is 35.1 Å². The summed E-state index contributed by atoms with van der Waals surface area (Å²) >= 11 is 0. The molecule has 7 rings (SSSR count). The van der Waals surface area contributed by atoms with Gasteiger partial charge in [0.05, 0.1) is 34.5 Å². The van der Waals surface area contributed by atoms with Crippen LogP contribution >= 0.6 is 0 Å². The van der Waals surface area contributed by atoms with E-state index < -0.39 is 0 Å². The zero-order valence-corrected chi connectivity index (χ0v) is 20.2. The van der Waals surface area contributed by atoms with E-state index in [9.17, 15) is 0 Å². The summed E-state index contributed by atoms with van der Waals surface area (Å²) in [5.41, 5.74) is 7.91. The summed E-state index contributed by atoms with van der Waals surface area (Å²) in [6, 6.07) is 16.1. The van der Waals surface area contributed by atoms with Crippen LogP contribution in [0.4, 0.5) is 0 Å². The number of aromatic nitrogens is 7. The van der Waals surface area contributed by atoms with E-state index in [1.165, 1.54) is 19.3 Å². The lowest BCUT2D eigenvalue weighted by Crippen LogP contribution is -2.19. The summed E-state index contributed by atoms with van der Waals surface area (Å²) in [4.78, 5) is 21.9. The van der Waals surface area contributed by atoms with E-state index in [-0.39, 0.29) is 6.10 Å². The smallest absolute Gasteiger partial charge is 0.161 e. The molecule has 5 heterocycles. The maximum absolute atomic E-state index is 6.24. The van der Waals surface area contributed by atoms with E-state index in [2.05, 4.69) is 31.2 Å².